The molecule has 4 rings (SSSR count). The first-order chi connectivity index (χ1) is 18.2. The molecule has 37 heavy (non-hydrogen) atoms. The van der Waals surface area contributed by atoms with Crippen LogP contribution in [0.4, 0.5) is 0 Å². The van der Waals surface area contributed by atoms with E-state index in [1.165, 1.54) is 0 Å². The average Bonchev–Trinajstić information content (AvgIpc) is 2.92. The molecule has 200 valence electrons. The van der Waals surface area contributed by atoms with Crippen molar-refractivity contribution in [2.75, 3.05) is 80.3 Å². The highest BCUT2D eigenvalue weighted by molar-refractivity contribution is 5.88. The lowest BCUT2D eigenvalue weighted by Gasteiger charge is -2.15. The highest BCUT2D eigenvalue weighted by Gasteiger charge is 2.18. The molecule has 0 radical (unpaired) electrons. The molecule has 0 aliphatic carbocycles. The maximum atomic E-state index is 13.1. The lowest BCUT2D eigenvalue weighted by atomic mass is 10.0. The quantitative estimate of drug-likeness (QED) is 0.482. The van der Waals surface area contributed by atoms with Gasteiger partial charge in [-0.15, -0.1) is 0 Å². The van der Waals surface area contributed by atoms with Gasteiger partial charge in [-0.2, -0.15) is 0 Å². The predicted octanol–water partition coefficient (Wildman–Crippen LogP) is 3.31. The van der Waals surface area contributed by atoms with E-state index in [9.17, 15) is 4.79 Å². The van der Waals surface area contributed by atoms with Crippen LogP contribution < -0.4 is 24.6 Å². The summed E-state index contributed by atoms with van der Waals surface area (Å²) in [5, 5.41) is 0.677. The fourth-order valence-electron chi connectivity index (χ4n) is 3.77. The maximum Gasteiger partial charge on any atom is 0.344 e. The van der Waals surface area contributed by atoms with Crippen molar-refractivity contribution in [3.63, 3.8) is 0 Å². The molecule has 10 nitrogen and oxygen atoms in total. The molecular weight excluding hydrogens is 484 g/mol. The van der Waals surface area contributed by atoms with Crippen molar-refractivity contribution >= 4 is 11.0 Å². The zero-order valence-corrected chi connectivity index (χ0v) is 21.1. The molecule has 1 aliphatic heterocycles. The van der Waals surface area contributed by atoms with Gasteiger partial charge >= 0.3 is 5.63 Å². The van der Waals surface area contributed by atoms with Gasteiger partial charge in [-0.05, 0) is 35.9 Å². The summed E-state index contributed by atoms with van der Waals surface area (Å²) in [5.74, 6) is 1.85. The van der Waals surface area contributed by atoms with Crippen molar-refractivity contribution in [1.29, 1.82) is 0 Å². The number of hydrogen-bond donors (Lipinski definition) is 0. The van der Waals surface area contributed by atoms with E-state index in [0.29, 0.717) is 97.9 Å². The molecular formula is C27H32O10. The molecule has 0 spiro atoms. The van der Waals surface area contributed by atoms with Crippen molar-refractivity contribution in [3.05, 3.63) is 46.8 Å². The monoisotopic (exact) mass is 516 g/mol. The fourth-order valence-corrected chi connectivity index (χ4v) is 3.77. The van der Waals surface area contributed by atoms with Crippen molar-refractivity contribution < 1.29 is 42.3 Å². The minimum atomic E-state index is -0.520. The third kappa shape index (κ3) is 7.14. The summed E-state index contributed by atoms with van der Waals surface area (Å²) in [5.41, 5.74) is 0.793. The van der Waals surface area contributed by atoms with E-state index in [1.807, 2.05) is 6.07 Å². The molecule has 0 saturated carbocycles. The molecule has 0 amide bonds. The minimum absolute atomic E-state index is 0.232. The topological polar surface area (TPSA) is 104 Å². The molecule has 0 atom stereocenters. The lowest BCUT2D eigenvalue weighted by Crippen LogP contribution is -2.16. The van der Waals surface area contributed by atoms with E-state index in [0.717, 1.165) is 0 Å². The van der Waals surface area contributed by atoms with Crippen LogP contribution in [0.5, 0.6) is 23.0 Å². The van der Waals surface area contributed by atoms with E-state index in [-0.39, 0.29) is 13.2 Å². The van der Waals surface area contributed by atoms with Crippen LogP contribution in [0, 0.1) is 0 Å². The summed E-state index contributed by atoms with van der Waals surface area (Å²) >= 11 is 0. The summed E-state index contributed by atoms with van der Waals surface area (Å²) in [6.45, 7) is 4.00. The van der Waals surface area contributed by atoms with Crippen molar-refractivity contribution in [2.45, 2.75) is 0 Å². The molecule has 0 unspecified atom stereocenters. The van der Waals surface area contributed by atoms with Gasteiger partial charge in [-0.1, -0.05) is 6.07 Å². The number of hydrogen-bond acceptors (Lipinski definition) is 10. The molecule has 1 aromatic heterocycles. The molecule has 0 saturated heterocycles. The number of benzene rings is 2. The third-order valence-electron chi connectivity index (χ3n) is 5.59. The number of fused-ring (bicyclic) bond motifs is 3. The van der Waals surface area contributed by atoms with Gasteiger partial charge in [-0.3, -0.25) is 0 Å². The van der Waals surface area contributed by atoms with Gasteiger partial charge in [0, 0.05) is 5.39 Å². The second-order valence-corrected chi connectivity index (χ2v) is 7.97. The highest BCUT2D eigenvalue weighted by atomic mass is 16.6. The Balaban J connectivity index is 1.61. The largest absolute Gasteiger partial charge is 0.493 e. The average molecular weight is 517 g/mol. The fraction of sp³-hybridized carbons (Fsp3) is 0.444. The molecule has 2 aromatic carbocycles. The number of rotatable bonds is 3. The first kappa shape index (κ1) is 26.7. The zero-order valence-electron chi connectivity index (χ0n) is 21.1. The first-order valence-electron chi connectivity index (χ1n) is 12.1. The van der Waals surface area contributed by atoms with Crippen molar-refractivity contribution in [1.82, 2.24) is 0 Å². The van der Waals surface area contributed by atoms with Crippen LogP contribution in [0.2, 0.25) is 0 Å². The molecule has 0 N–H and O–H groups in total. The number of methoxy groups -OCH3 is 2. The molecule has 3 aromatic rings. The van der Waals surface area contributed by atoms with Gasteiger partial charge in [0.15, 0.2) is 22.8 Å². The Kier molecular flexibility index (Phi) is 10.0. The lowest BCUT2D eigenvalue weighted by molar-refractivity contribution is -0.00838. The predicted molar refractivity (Wildman–Crippen MR) is 135 cm³/mol. The van der Waals surface area contributed by atoms with Crippen LogP contribution in [0.3, 0.4) is 0 Å². The Morgan fingerprint density at radius 2 is 1.24 bits per heavy atom. The summed E-state index contributed by atoms with van der Waals surface area (Å²) in [4.78, 5) is 13.1. The maximum absolute atomic E-state index is 13.1. The standard InChI is InChI=1S/C27H32O10/c1-29-22-5-3-19(18-24(22)30-2)21-17-20-4-6-23-26(25(20)37-27(21)28)36-16-14-34-12-10-32-8-7-31-9-11-33-13-15-35-23/h3-6,17-18H,7-16H2,1-2H3. The van der Waals surface area contributed by atoms with E-state index in [4.69, 9.17) is 42.3 Å². The second kappa shape index (κ2) is 13.8. The summed E-state index contributed by atoms with van der Waals surface area (Å²) in [6, 6.07) is 10.6. The Hall–Kier alpha value is -3.31. The van der Waals surface area contributed by atoms with Gasteiger partial charge < -0.3 is 42.3 Å². The Bertz CT molecular complexity index is 1210. The van der Waals surface area contributed by atoms with E-state index < -0.39 is 5.63 Å². The smallest absolute Gasteiger partial charge is 0.344 e. The van der Waals surface area contributed by atoms with Gasteiger partial charge in [-0.25, -0.2) is 4.79 Å². The van der Waals surface area contributed by atoms with Crippen LogP contribution in [-0.2, 0) is 18.9 Å². The first-order valence-corrected chi connectivity index (χ1v) is 12.1. The van der Waals surface area contributed by atoms with Crippen LogP contribution >= 0.6 is 0 Å². The summed E-state index contributed by atoms with van der Waals surface area (Å²) in [6.07, 6.45) is 0. The van der Waals surface area contributed by atoms with Crippen LogP contribution in [0.1, 0.15) is 0 Å². The van der Waals surface area contributed by atoms with Crippen LogP contribution in [-0.4, -0.2) is 80.3 Å². The Morgan fingerprint density at radius 1 is 0.649 bits per heavy atom. The van der Waals surface area contributed by atoms with Crippen LogP contribution in [0.15, 0.2) is 45.6 Å². The van der Waals surface area contributed by atoms with Gasteiger partial charge in [0.25, 0.3) is 0 Å². The Labute approximate surface area is 214 Å². The van der Waals surface area contributed by atoms with E-state index >= 15 is 0 Å². The highest BCUT2D eigenvalue weighted by Crippen LogP contribution is 2.37. The van der Waals surface area contributed by atoms with Gasteiger partial charge in [0.1, 0.15) is 13.2 Å². The number of ether oxygens (including phenoxy) is 8. The summed E-state index contributed by atoms with van der Waals surface area (Å²) < 4.78 is 50.4. The van der Waals surface area contributed by atoms with Gasteiger partial charge in [0.2, 0.25) is 5.75 Å². The summed E-state index contributed by atoms with van der Waals surface area (Å²) in [7, 11) is 3.10. The molecule has 10 heteroatoms. The normalized spacial score (nSPS) is 16.5. The Morgan fingerprint density at radius 3 is 1.86 bits per heavy atom. The third-order valence-corrected chi connectivity index (χ3v) is 5.59. The molecule has 0 fully saturated rings. The SMILES string of the molecule is COc1ccc(-c2cc3ccc4c(c3oc2=O)OCCOCCOCCOCCOCCO4)cc1OC. The van der Waals surface area contributed by atoms with Gasteiger partial charge in [0.05, 0.1) is 72.6 Å². The molecule has 1 aliphatic rings. The van der Waals surface area contributed by atoms with Crippen molar-refractivity contribution in [3.8, 4) is 34.1 Å². The van der Waals surface area contributed by atoms with Crippen LogP contribution in [0.25, 0.3) is 22.1 Å². The van der Waals surface area contributed by atoms with Crippen molar-refractivity contribution in [2.24, 2.45) is 0 Å². The second-order valence-electron chi connectivity index (χ2n) is 7.97. The van der Waals surface area contributed by atoms with E-state index in [1.54, 1.807) is 44.6 Å². The molecule has 0 bridgehead atoms. The minimum Gasteiger partial charge on any atom is -0.493 e. The zero-order chi connectivity index (χ0) is 25.9. The molecule has 2 heterocycles. The van der Waals surface area contributed by atoms with E-state index in [2.05, 4.69) is 0 Å².